The van der Waals surface area contributed by atoms with Crippen LogP contribution in [0.1, 0.15) is 48.9 Å². The Morgan fingerprint density at radius 1 is 1.33 bits per heavy atom. The van der Waals surface area contributed by atoms with Crippen LogP contribution in [-0.2, 0) is 4.74 Å². The molecule has 0 amide bonds. The lowest BCUT2D eigenvalue weighted by Gasteiger charge is -2.47. The molecule has 0 heterocycles. The second-order valence-electron chi connectivity index (χ2n) is 5.47. The van der Waals surface area contributed by atoms with Crippen LogP contribution in [0.3, 0.4) is 0 Å². The Bertz CT molecular complexity index is 404. The summed E-state index contributed by atoms with van der Waals surface area (Å²) in [4.78, 5) is 0. The zero-order valence-corrected chi connectivity index (χ0v) is 12.0. The Hall–Kier alpha value is -0.860. The van der Waals surface area contributed by atoms with Crippen molar-refractivity contribution in [1.29, 1.82) is 0 Å². The van der Waals surface area contributed by atoms with Crippen LogP contribution in [0.4, 0.5) is 0 Å². The maximum Gasteiger partial charge on any atom is 0.0872 e. The van der Waals surface area contributed by atoms with E-state index < -0.39 is 0 Å². The Balaban J connectivity index is 2.37. The highest BCUT2D eigenvalue weighted by Crippen LogP contribution is 2.45. The topological polar surface area (TPSA) is 21.3 Å². The lowest BCUT2D eigenvalue weighted by atomic mass is 9.71. The summed E-state index contributed by atoms with van der Waals surface area (Å²) in [6.45, 7) is 7.50. The molecule has 1 saturated carbocycles. The molecule has 2 heteroatoms. The molecule has 18 heavy (non-hydrogen) atoms. The van der Waals surface area contributed by atoms with E-state index >= 15 is 0 Å². The Labute approximate surface area is 111 Å². The fourth-order valence-corrected chi connectivity index (χ4v) is 2.99. The summed E-state index contributed by atoms with van der Waals surface area (Å²) in [5, 5.41) is 3.64. The van der Waals surface area contributed by atoms with Crippen molar-refractivity contribution in [1.82, 2.24) is 5.32 Å². The SMILES string of the molecule is CCNC(c1cc(C)ccc1C)C1(OC)CCC1. The molecule has 0 aromatic heterocycles. The Morgan fingerprint density at radius 2 is 2.06 bits per heavy atom. The quantitative estimate of drug-likeness (QED) is 0.859. The number of ether oxygens (including phenoxy) is 1. The van der Waals surface area contributed by atoms with Gasteiger partial charge in [-0.15, -0.1) is 0 Å². The maximum atomic E-state index is 5.88. The van der Waals surface area contributed by atoms with E-state index in [9.17, 15) is 0 Å². The van der Waals surface area contributed by atoms with E-state index in [0.29, 0.717) is 6.04 Å². The van der Waals surface area contributed by atoms with E-state index in [1.807, 2.05) is 7.11 Å². The van der Waals surface area contributed by atoms with E-state index in [2.05, 4.69) is 44.3 Å². The molecular weight excluding hydrogens is 222 g/mol. The minimum absolute atomic E-state index is 0.00850. The van der Waals surface area contributed by atoms with Gasteiger partial charge in [0.2, 0.25) is 0 Å². The van der Waals surface area contributed by atoms with Crippen LogP contribution in [0.25, 0.3) is 0 Å². The van der Waals surface area contributed by atoms with Gasteiger partial charge in [-0.1, -0.05) is 30.7 Å². The third-order valence-corrected chi connectivity index (χ3v) is 4.29. The van der Waals surface area contributed by atoms with Crippen molar-refractivity contribution >= 4 is 0 Å². The summed E-state index contributed by atoms with van der Waals surface area (Å²) in [7, 11) is 1.86. The highest BCUT2D eigenvalue weighted by Gasteiger charge is 2.45. The van der Waals surface area contributed by atoms with Gasteiger partial charge < -0.3 is 10.1 Å². The average molecular weight is 247 g/mol. The van der Waals surface area contributed by atoms with Gasteiger partial charge in [-0.25, -0.2) is 0 Å². The van der Waals surface area contributed by atoms with Crippen LogP contribution in [-0.4, -0.2) is 19.3 Å². The molecule has 0 saturated heterocycles. The second-order valence-corrected chi connectivity index (χ2v) is 5.47. The van der Waals surface area contributed by atoms with E-state index in [0.717, 1.165) is 19.4 Å². The first-order valence-corrected chi connectivity index (χ1v) is 6.98. The van der Waals surface area contributed by atoms with Gasteiger partial charge in [-0.2, -0.15) is 0 Å². The van der Waals surface area contributed by atoms with Crippen LogP contribution in [0.2, 0.25) is 0 Å². The minimum Gasteiger partial charge on any atom is -0.376 e. The van der Waals surface area contributed by atoms with Crippen molar-refractivity contribution < 1.29 is 4.74 Å². The van der Waals surface area contributed by atoms with Crippen molar-refractivity contribution in [3.05, 3.63) is 34.9 Å². The normalized spacial score (nSPS) is 19.3. The smallest absolute Gasteiger partial charge is 0.0872 e. The number of hydrogen-bond acceptors (Lipinski definition) is 2. The van der Waals surface area contributed by atoms with Gasteiger partial charge in [0.15, 0.2) is 0 Å². The first-order chi connectivity index (χ1) is 8.63. The van der Waals surface area contributed by atoms with Crippen LogP contribution in [0.5, 0.6) is 0 Å². The highest BCUT2D eigenvalue weighted by atomic mass is 16.5. The second kappa shape index (κ2) is 5.41. The van der Waals surface area contributed by atoms with Gasteiger partial charge in [0.25, 0.3) is 0 Å². The van der Waals surface area contributed by atoms with Crippen molar-refractivity contribution in [2.24, 2.45) is 0 Å². The molecule has 100 valence electrons. The van der Waals surface area contributed by atoms with Crippen molar-refractivity contribution in [2.45, 2.75) is 51.7 Å². The Morgan fingerprint density at radius 3 is 2.56 bits per heavy atom. The van der Waals surface area contributed by atoms with Gasteiger partial charge in [0, 0.05) is 7.11 Å². The van der Waals surface area contributed by atoms with Gasteiger partial charge in [0.1, 0.15) is 0 Å². The first-order valence-electron chi connectivity index (χ1n) is 6.98. The lowest BCUT2D eigenvalue weighted by Crippen LogP contribution is -2.50. The molecule has 1 aliphatic rings. The summed E-state index contributed by atoms with van der Waals surface area (Å²) >= 11 is 0. The highest BCUT2D eigenvalue weighted by molar-refractivity contribution is 5.35. The first kappa shape index (κ1) is 13.6. The predicted molar refractivity (Wildman–Crippen MR) is 75.9 cm³/mol. The molecule has 1 aromatic rings. The van der Waals surface area contributed by atoms with Gasteiger partial charge in [-0.3, -0.25) is 0 Å². The number of hydrogen-bond donors (Lipinski definition) is 1. The molecular formula is C16H25NO. The van der Waals surface area contributed by atoms with E-state index in [4.69, 9.17) is 4.74 Å². The molecule has 1 fully saturated rings. The summed E-state index contributed by atoms with van der Waals surface area (Å²) in [6, 6.07) is 7.03. The molecule has 0 radical (unpaired) electrons. The number of benzene rings is 1. The molecule has 1 aliphatic carbocycles. The van der Waals surface area contributed by atoms with E-state index in [1.165, 1.54) is 23.1 Å². The molecule has 0 bridgehead atoms. The average Bonchev–Trinajstić information content (AvgIpc) is 2.31. The summed E-state index contributed by atoms with van der Waals surface area (Å²) < 4.78 is 5.88. The minimum atomic E-state index is 0.00850. The fraction of sp³-hybridized carbons (Fsp3) is 0.625. The number of nitrogens with one attached hydrogen (secondary N) is 1. The number of rotatable bonds is 5. The van der Waals surface area contributed by atoms with Crippen molar-refractivity contribution in [2.75, 3.05) is 13.7 Å². The largest absolute Gasteiger partial charge is 0.376 e. The molecule has 1 unspecified atom stereocenters. The molecule has 1 N–H and O–H groups in total. The van der Waals surface area contributed by atoms with Crippen LogP contribution < -0.4 is 5.32 Å². The maximum absolute atomic E-state index is 5.88. The summed E-state index contributed by atoms with van der Waals surface area (Å²) in [6.07, 6.45) is 3.60. The monoisotopic (exact) mass is 247 g/mol. The molecule has 1 aromatic carbocycles. The number of methoxy groups -OCH3 is 1. The predicted octanol–water partition coefficient (Wildman–Crippen LogP) is 3.52. The molecule has 2 rings (SSSR count). The van der Waals surface area contributed by atoms with Crippen LogP contribution in [0.15, 0.2) is 18.2 Å². The lowest BCUT2D eigenvalue weighted by molar-refractivity contribution is -0.0996. The molecule has 1 atom stereocenters. The van der Waals surface area contributed by atoms with Gasteiger partial charge in [0.05, 0.1) is 11.6 Å². The molecule has 0 aliphatic heterocycles. The number of aryl methyl sites for hydroxylation is 2. The summed E-state index contributed by atoms with van der Waals surface area (Å²) in [5.74, 6) is 0. The van der Waals surface area contributed by atoms with Crippen LogP contribution in [0, 0.1) is 13.8 Å². The third kappa shape index (κ3) is 2.32. The van der Waals surface area contributed by atoms with Gasteiger partial charge >= 0.3 is 0 Å². The van der Waals surface area contributed by atoms with E-state index in [1.54, 1.807) is 0 Å². The standard InChI is InChI=1S/C16H25NO/c1-5-17-15(16(18-4)9-6-10-16)14-11-12(2)7-8-13(14)3/h7-8,11,15,17H,5-6,9-10H2,1-4H3. The molecule has 0 spiro atoms. The van der Waals surface area contributed by atoms with Crippen molar-refractivity contribution in [3.8, 4) is 0 Å². The summed E-state index contributed by atoms with van der Waals surface area (Å²) in [5.41, 5.74) is 4.09. The van der Waals surface area contributed by atoms with E-state index in [-0.39, 0.29) is 5.60 Å². The Kier molecular flexibility index (Phi) is 4.08. The zero-order valence-electron chi connectivity index (χ0n) is 12.0. The number of likely N-dealkylation sites (N-methyl/N-ethyl adjacent to an activating group) is 1. The molecule has 2 nitrogen and oxygen atoms in total. The van der Waals surface area contributed by atoms with Crippen LogP contribution >= 0.6 is 0 Å². The van der Waals surface area contributed by atoms with Gasteiger partial charge in [-0.05, 0) is 50.8 Å². The van der Waals surface area contributed by atoms with Crippen molar-refractivity contribution in [3.63, 3.8) is 0 Å². The zero-order chi connectivity index (χ0) is 13.2. The fourth-order valence-electron chi connectivity index (χ4n) is 2.99. The third-order valence-electron chi connectivity index (χ3n) is 4.29.